The zero-order valence-electron chi connectivity index (χ0n) is 22.8. The molecule has 1 aromatic heterocycles. The first-order valence-corrected chi connectivity index (χ1v) is 13.0. The van der Waals surface area contributed by atoms with Gasteiger partial charge in [-0.1, -0.05) is 41.9 Å². The molecule has 3 aromatic carbocycles. The first-order valence-electron chi connectivity index (χ1n) is 12.6. The van der Waals surface area contributed by atoms with Gasteiger partial charge in [-0.05, 0) is 63.5 Å². The van der Waals surface area contributed by atoms with Crippen LogP contribution >= 0.6 is 11.6 Å². The quantitative estimate of drug-likeness (QED) is 0.212. The van der Waals surface area contributed by atoms with Crippen LogP contribution in [0.15, 0.2) is 60.7 Å². The molecule has 0 radical (unpaired) electrons. The number of methoxy groups -OCH3 is 1. The average molecular weight is 585 g/mol. The Balaban J connectivity index is 1.70. The maximum absolute atomic E-state index is 13.9. The van der Waals surface area contributed by atoms with Gasteiger partial charge in [-0.25, -0.2) is 4.79 Å². The standard InChI is InChI=1S/C29H25BClF3N2O5/c1-27(2)28(3,4)41-30(40-27)18-13-14-19-22(15-18)36(25(37)23-20(29(32,33)34)7-6-8-21(23)31)35-24(19)16-9-11-17(12-10-16)26(38)39-5/h6-15H,1-5H3. The molecule has 0 atom stereocenters. The molecule has 0 bridgehead atoms. The Morgan fingerprint density at radius 2 is 1.61 bits per heavy atom. The fraction of sp³-hybridized carbons (Fsp3) is 0.276. The lowest BCUT2D eigenvalue weighted by molar-refractivity contribution is -0.137. The zero-order chi connectivity index (χ0) is 29.9. The van der Waals surface area contributed by atoms with Crippen LogP contribution in [0.1, 0.15) is 54.0 Å². The van der Waals surface area contributed by atoms with Gasteiger partial charge in [-0.2, -0.15) is 23.0 Å². The van der Waals surface area contributed by atoms with Crippen molar-refractivity contribution in [3.8, 4) is 11.3 Å². The summed E-state index contributed by atoms with van der Waals surface area (Å²) in [6.45, 7) is 7.58. The third-order valence-electron chi connectivity index (χ3n) is 7.54. The number of benzene rings is 3. The molecular weight excluding hydrogens is 560 g/mol. The van der Waals surface area contributed by atoms with Crippen LogP contribution in [0.3, 0.4) is 0 Å². The minimum Gasteiger partial charge on any atom is -0.465 e. The fourth-order valence-corrected chi connectivity index (χ4v) is 4.85. The Hall–Kier alpha value is -3.67. The third-order valence-corrected chi connectivity index (χ3v) is 7.85. The van der Waals surface area contributed by atoms with Crippen molar-refractivity contribution in [1.29, 1.82) is 0 Å². The molecular formula is C29H25BClF3N2O5. The second-order valence-electron chi connectivity index (χ2n) is 10.7. The fourth-order valence-electron chi connectivity index (χ4n) is 4.59. The van der Waals surface area contributed by atoms with E-state index in [4.69, 9.17) is 25.6 Å². The number of fused-ring (bicyclic) bond motifs is 1. The summed E-state index contributed by atoms with van der Waals surface area (Å²) in [5.74, 6) is -1.59. The van der Waals surface area contributed by atoms with Crippen LogP contribution in [0, 0.1) is 0 Å². The van der Waals surface area contributed by atoms with Gasteiger partial charge in [0, 0.05) is 10.9 Å². The van der Waals surface area contributed by atoms with Gasteiger partial charge in [0.1, 0.15) is 5.69 Å². The van der Waals surface area contributed by atoms with Gasteiger partial charge in [0.2, 0.25) is 0 Å². The van der Waals surface area contributed by atoms with Crippen molar-refractivity contribution < 1.29 is 36.8 Å². The highest BCUT2D eigenvalue weighted by Crippen LogP contribution is 2.38. The largest absolute Gasteiger partial charge is 0.494 e. The van der Waals surface area contributed by atoms with Gasteiger partial charge in [-0.15, -0.1) is 0 Å². The van der Waals surface area contributed by atoms with E-state index in [1.165, 1.54) is 25.3 Å². The van der Waals surface area contributed by atoms with Crippen molar-refractivity contribution in [3.63, 3.8) is 0 Å². The second-order valence-corrected chi connectivity index (χ2v) is 11.1. The predicted molar refractivity (Wildman–Crippen MR) is 148 cm³/mol. The normalized spacial score (nSPS) is 16.3. The van der Waals surface area contributed by atoms with Crippen LogP contribution in [0.2, 0.25) is 5.02 Å². The molecule has 5 rings (SSSR count). The van der Waals surface area contributed by atoms with Crippen LogP contribution in [0.4, 0.5) is 13.2 Å². The topological polar surface area (TPSA) is 79.7 Å². The molecule has 0 spiro atoms. The number of hydrogen-bond acceptors (Lipinski definition) is 6. The van der Waals surface area contributed by atoms with E-state index >= 15 is 0 Å². The number of hydrogen-bond donors (Lipinski definition) is 0. The number of aromatic nitrogens is 2. The van der Waals surface area contributed by atoms with Crippen LogP contribution in [0.25, 0.3) is 22.2 Å². The summed E-state index contributed by atoms with van der Waals surface area (Å²) in [4.78, 5) is 25.7. The second kappa shape index (κ2) is 10.0. The van der Waals surface area contributed by atoms with E-state index in [1.54, 1.807) is 30.3 Å². The summed E-state index contributed by atoms with van der Waals surface area (Å²) in [6, 6.07) is 14.5. The molecule has 1 aliphatic heterocycles. The van der Waals surface area contributed by atoms with Crippen molar-refractivity contribution >= 4 is 47.0 Å². The van der Waals surface area contributed by atoms with E-state index < -0.39 is 47.5 Å². The van der Waals surface area contributed by atoms with Gasteiger partial charge in [0.05, 0.1) is 45.5 Å². The molecule has 7 nitrogen and oxygen atoms in total. The molecule has 0 amide bonds. The molecule has 41 heavy (non-hydrogen) atoms. The molecule has 1 fully saturated rings. The highest BCUT2D eigenvalue weighted by molar-refractivity contribution is 6.62. The van der Waals surface area contributed by atoms with E-state index in [0.29, 0.717) is 27.7 Å². The zero-order valence-corrected chi connectivity index (χ0v) is 23.6. The summed E-state index contributed by atoms with van der Waals surface area (Å²) in [5.41, 5.74) is -1.29. The minimum atomic E-state index is -4.83. The summed E-state index contributed by atoms with van der Waals surface area (Å²) in [5, 5.41) is 4.58. The Morgan fingerprint density at radius 3 is 2.20 bits per heavy atom. The predicted octanol–water partition coefficient (Wildman–Crippen LogP) is 6.15. The number of carbonyl (C=O) groups excluding carboxylic acids is 2. The van der Waals surface area contributed by atoms with Gasteiger partial charge in [0.15, 0.2) is 0 Å². The van der Waals surface area contributed by atoms with Gasteiger partial charge in [-0.3, -0.25) is 4.79 Å². The molecule has 0 aliphatic carbocycles. The molecule has 0 unspecified atom stereocenters. The molecule has 0 saturated carbocycles. The molecule has 12 heteroatoms. The Bertz CT molecular complexity index is 1670. The third kappa shape index (κ3) is 5.02. The van der Waals surface area contributed by atoms with Crippen molar-refractivity contribution in [1.82, 2.24) is 9.78 Å². The lowest BCUT2D eigenvalue weighted by atomic mass is 9.78. The van der Waals surface area contributed by atoms with E-state index in [-0.39, 0.29) is 10.5 Å². The number of nitrogens with zero attached hydrogens (tertiary/aromatic N) is 2. The molecule has 4 aromatic rings. The molecule has 1 aliphatic rings. The SMILES string of the molecule is COC(=O)c1ccc(-c2nn(C(=O)c3c(Cl)cccc3C(F)(F)F)c3cc(B4OC(C)(C)C(C)(C)O4)ccc23)cc1. The van der Waals surface area contributed by atoms with Crippen molar-refractivity contribution in [2.45, 2.75) is 45.1 Å². The maximum Gasteiger partial charge on any atom is 0.494 e. The lowest BCUT2D eigenvalue weighted by Crippen LogP contribution is -2.41. The highest BCUT2D eigenvalue weighted by Gasteiger charge is 2.51. The molecule has 212 valence electrons. The summed E-state index contributed by atoms with van der Waals surface area (Å²) in [6.07, 6.45) is -4.83. The molecule has 2 heterocycles. The number of alkyl halides is 3. The Labute approximate surface area is 239 Å². The molecule has 1 saturated heterocycles. The Morgan fingerprint density at radius 1 is 0.976 bits per heavy atom. The number of halogens is 4. The van der Waals surface area contributed by atoms with Crippen LogP contribution in [0.5, 0.6) is 0 Å². The molecule has 0 N–H and O–H groups in total. The van der Waals surface area contributed by atoms with Crippen molar-refractivity contribution in [2.24, 2.45) is 0 Å². The monoisotopic (exact) mass is 584 g/mol. The number of carbonyl (C=O) groups is 2. The summed E-state index contributed by atoms with van der Waals surface area (Å²) < 4.78 is 59.7. The van der Waals surface area contributed by atoms with E-state index in [0.717, 1.165) is 16.8 Å². The Kier molecular flexibility index (Phi) is 7.04. The van der Waals surface area contributed by atoms with E-state index in [2.05, 4.69) is 5.10 Å². The van der Waals surface area contributed by atoms with Gasteiger partial charge >= 0.3 is 19.3 Å². The number of rotatable bonds is 4. The van der Waals surface area contributed by atoms with Crippen LogP contribution in [-0.2, 0) is 20.2 Å². The summed E-state index contributed by atoms with van der Waals surface area (Å²) in [7, 11) is 0.468. The highest BCUT2D eigenvalue weighted by atomic mass is 35.5. The van der Waals surface area contributed by atoms with Crippen LogP contribution in [-0.4, -0.2) is 47.1 Å². The maximum atomic E-state index is 13.9. The van der Waals surface area contributed by atoms with Crippen molar-refractivity contribution in [3.05, 3.63) is 82.4 Å². The lowest BCUT2D eigenvalue weighted by Gasteiger charge is -2.32. The first kappa shape index (κ1) is 28.8. The van der Waals surface area contributed by atoms with E-state index in [9.17, 15) is 22.8 Å². The smallest absolute Gasteiger partial charge is 0.465 e. The van der Waals surface area contributed by atoms with Crippen LogP contribution < -0.4 is 5.46 Å². The first-order chi connectivity index (χ1) is 19.1. The minimum absolute atomic E-state index is 0.224. The average Bonchev–Trinajstić information content (AvgIpc) is 3.40. The van der Waals surface area contributed by atoms with Gasteiger partial charge < -0.3 is 14.0 Å². The van der Waals surface area contributed by atoms with Crippen molar-refractivity contribution in [2.75, 3.05) is 7.11 Å². The number of esters is 1. The summed E-state index contributed by atoms with van der Waals surface area (Å²) >= 11 is 6.17. The van der Waals surface area contributed by atoms with E-state index in [1.807, 2.05) is 27.7 Å². The number of ether oxygens (including phenoxy) is 1. The van der Waals surface area contributed by atoms with Gasteiger partial charge in [0.25, 0.3) is 5.91 Å².